The highest BCUT2D eigenvalue weighted by molar-refractivity contribution is 5.94. The van der Waals surface area contributed by atoms with Crippen LogP contribution in [0.15, 0.2) is 42.5 Å². The van der Waals surface area contributed by atoms with Gasteiger partial charge in [0.15, 0.2) is 0 Å². The summed E-state index contributed by atoms with van der Waals surface area (Å²) >= 11 is 0. The van der Waals surface area contributed by atoms with E-state index in [2.05, 4.69) is 10.6 Å². The Labute approximate surface area is 153 Å². The van der Waals surface area contributed by atoms with Gasteiger partial charge in [0.2, 0.25) is 11.8 Å². The summed E-state index contributed by atoms with van der Waals surface area (Å²) in [5.74, 6) is 1.01. The van der Waals surface area contributed by atoms with Crippen LogP contribution >= 0.6 is 0 Å². The number of ether oxygens (including phenoxy) is 2. The molecule has 26 heavy (non-hydrogen) atoms. The van der Waals surface area contributed by atoms with Crippen LogP contribution in [-0.4, -0.2) is 25.5 Å². The van der Waals surface area contributed by atoms with Gasteiger partial charge in [0.25, 0.3) is 0 Å². The van der Waals surface area contributed by atoms with Crippen LogP contribution in [0.3, 0.4) is 0 Å². The fourth-order valence-electron chi connectivity index (χ4n) is 2.43. The first-order valence-electron chi connectivity index (χ1n) is 8.43. The Balaban J connectivity index is 1.85. The average molecular weight is 356 g/mol. The molecule has 0 unspecified atom stereocenters. The molecule has 0 saturated carbocycles. The molecule has 0 heterocycles. The Kier molecular flexibility index (Phi) is 7.02. The summed E-state index contributed by atoms with van der Waals surface area (Å²) in [6.45, 7) is 3.89. The van der Waals surface area contributed by atoms with E-state index in [-0.39, 0.29) is 11.8 Å². The molecule has 2 aromatic carbocycles. The molecule has 0 aliphatic rings. The minimum Gasteiger partial charge on any atom is -0.495 e. The fraction of sp³-hybridized carbons (Fsp3) is 0.300. The molecule has 6 heteroatoms. The van der Waals surface area contributed by atoms with Crippen LogP contribution in [0, 0.1) is 6.92 Å². The van der Waals surface area contributed by atoms with Crippen LogP contribution in [0.5, 0.6) is 11.5 Å². The van der Waals surface area contributed by atoms with Crippen LogP contribution in [-0.2, 0) is 9.59 Å². The molecule has 0 spiro atoms. The minimum absolute atomic E-state index is 0.142. The molecular weight excluding hydrogens is 332 g/mol. The number of methoxy groups -OCH3 is 1. The Bertz CT molecular complexity index is 774. The highest BCUT2D eigenvalue weighted by Gasteiger charge is 2.09. The summed E-state index contributed by atoms with van der Waals surface area (Å²) in [5.41, 5.74) is 2.24. The molecule has 2 rings (SSSR count). The average Bonchev–Trinajstić information content (AvgIpc) is 2.58. The lowest BCUT2D eigenvalue weighted by molar-refractivity contribution is -0.116. The lowest BCUT2D eigenvalue weighted by Crippen LogP contribution is -2.14. The highest BCUT2D eigenvalue weighted by Crippen LogP contribution is 2.28. The van der Waals surface area contributed by atoms with Gasteiger partial charge in [-0.25, -0.2) is 0 Å². The van der Waals surface area contributed by atoms with Crippen molar-refractivity contribution in [3.63, 3.8) is 0 Å². The number of anilines is 2. The minimum atomic E-state index is -0.180. The first-order chi connectivity index (χ1) is 12.5. The predicted molar refractivity (Wildman–Crippen MR) is 102 cm³/mol. The highest BCUT2D eigenvalue weighted by atomic mass is 16.5. The van der Waals surface area contributed by atoms with Crippen molar-refractivity contribution in [1.29, 1.82) is 0 Å². The molecule has 0 aromatic heterocycles. The second kappa shape index (κ2) is 9.46. The van der Waals surface area contributed by atoms with Crippen molar-refractivity contribution in [3.8, 4) is 11.5 Å². The van der Waals surface area contributed by atoms with Crippen LogP contribution < -0.4 is 20.1 Å². The van der Waals surface area contributed by atoms with Gasteiger partial charge < -0.3 is 20.1 Å². The molecule has 2 aromatic rings. The summed E-state index contributed by atoms with van der Waals surface area (Å²) in [7, 11) is 1.53. The van der Waals surface area contributed by atoms with E-state index in [1.807, 2.05) is 31.2 Å². The van der Waals surface area contributed by atoms with Crippen molar-refractivity contribution in [2.24, 2.45) is 0 Å². The van der Waals surface area contributed by atoms with E-state index in [0.717, 1.165) is 11.3 Å². The van der Waals surface area contributed by atoms with Gasteiger partial charge in [-0.15, -0.1) is 0 Å². The standard InChI is InChI=1S/C20H24N2O4/c1-14-6-4-7-17(12-14)26-11-5-8-20(24)22-18-13-16(21-15(2)23)9-10-19(18)25-3/h4,6-7,9-10,12-13H,5,8,11H2,1-3H3,(H,21,23)(H,22,24). The number of amides is 2. The van der Waals surface area contributed by atoms with E-state index in [0.29, 0.717) is 36.6 Å². The fourth-order valence-corrected chi connectivity index (χ4v) is 2.43. The SMILES string of the molecule is COc1ccc(NC(C)=O)cc1NC(=O)CCCOc1cccc(C)c1. The van der Waals surface area contributed by atoms with Gasteiger partial charge in [-0.3, -0.25) is 9.59 Å². The van der Waals surface area contributed by atoms with Crippen molar-refractivity contribution in [2.75, 3.05) is 24.4 Å². The zero-order valence-electron chi connectivity index (χ0n) is 15.3. The maximum absolute atomic E-state index is 12.2. The molecule has 0 aliphatic heterocycles. The van der Waals surface area contributed by atoms with Crippen LogP contribution in [0.2, 0.25) is 0 Å². The van der Waals surface area contributed by atoms with Crippen molar-refractivity contribution in [2.45, 2.75) is 26.7 Å². The molecule has 2 amide bonds. The number of aryl methyl sites for hydroxylation is 1. The van der Waals surface area contributed by atoms with E-state index >= 15 is 0 Å². The number of benzene rings is 2. The van der Waals surface area contributed by atoms with Gasteiger partial charge >= 0.3 is 0 Å². The van der Waals surface area contributed by atoms with E-state index in [4.69, 9.17) is 9.47 Å². The van der Waals surface area contributed by atoms with Crippen LogP contribution in [0.4, 0.5) is 11.4 Å². The van der Waals surface area contributed by atoms with Crippen molar-refractivity contribution < 1.29 is 19.1 Å². The van der Waals surface area contributed by atoms with E-state index in [9.17, 15) is 9.59 Å². The predicted octanol–water partition coefficient (Wildman–Crippen LogP) is 3.76. The first-order valence-corrected chi connectivity index (χ1v) is 8.43. The molecule has 0 saturated heterocycles. The monoisotopic (exact) mass is 356 g/mol. The lowest BCUT2D eigenvalue weighted by Gasteiger charge is -2.12. The third-order valence-electron chi connectivity index (χ3n) is 3.60. The Hall–Kier alpha value is -3.02. The summed E-state index contributed by atoms with van der Waals surface area (Å²) in [6.07, 6.45) is 0.910. The molecule has 6 nitrogen and oxygen atoms in total. The largest absolute Gasteiger partial charge is 0.495 e. The topological polar surface area (TPSA) is 76.7 Å². The Morgan fingerprint density at radius 3 is 2.58 bits per heavy atom. The van der Waals surface area contributed by atoms with Crippen LogP contribution in [0.25, 0.3) is 0 Å². The van der Waals surface area contributed by atoms with Crippen molar-refractivity contribution in [3.05, 3.63) is 48.0 Å². The molecular formula is C20H24N2O4. The second-order valence-electron chi connectivity index (χ2n) is 5.91. The number of carbonyl (C=O) groups excluding carboxylic acids is 2. The molecule has 138 valence electrons. The quantitative estimate of drug-likeness (QED) is 0.706. The zero-order chi connectivity index (χ0) is 18.9. The van der Waals surface area contributed by atoms with Crippen molar-refractivity contribution in [1.82, 2.24) is 0 Å². The lowest BCUT2D eigenvalue weighted by atomic mass is 10.2. The van der Waals surface area contributed by atoms with Crippen molar-refractivity contribution >= 4 is 23.2 Å². The molecule has 0 bridgehead atoms. The Morgan fingerprint density at radius 1 is 1.08 bits per heavy atom. The first kappa shape index (κ1) is 19.3. The maximum atomic E-state index is 12.2. The number of rotatable bonds is 8. The molecule has 2 N–H and O–H groups in total. The Morgan fingerprint density at radius 2 is 1.88 bits per heavy atom. The number of carbonyl (C=O) groups is 2. The van der Waals surface area contributed by atoms with Gasteiger partial charge in [-0.05, 0) is 49.2 Å². The smallest absolute Gasteiger partial charge is 0.224 e. The number of hydrogen-bond acceptors (Lipinski definition) is 4. The van der Waals surface area contributed by atoms with Gasteiger partial charge in [0.05, 0.1) is 19.4 Å². The van der Waals surface area contributed by atoms with Crippen LogP contribution in [0.1, 0.15) is 25.3 Å². The normalized spacial score (nSPS) is 10.1. The molecule has 0 aliphatic carbocycles. The van der Waals surface area contributed by atoms with Gasteiger partial charge in [-0.2, -0.15) is 0 Å². The summed E-state index contributed by atoms with van der Waals surface area (Å²) in [4.78, 5) is 23.3. The second-order valence-corrected chi connectivity index (χ2v) is 5.91. The summed E-state index contributed by atoms with van der Waals surface area (Å²) in [6, 6.07) is 12.9. The molecule has 0 atom stereocenters. The van der Waals surface area contributed by atoms with Gasteiger partial charge in [-0.1, -0.05) is 12.1 Å². The van der Waals surface area contributed by atoms with E-state index in [1.54, 1.807) is 18.2 Å². The van der Waals surface area contributed by atoms with Gasteiger partial charge in [0, 0.05) is 19.0 Å². The summed E-state index contributed by atoms with van der Waals surface area (Å²) < 4.78 is 10.9. The number of hydrogen-bond donors (Lipinski definition) is 2. The molecule has 0 radical (unpaired) electrons. The van der Waals surface area contributed by atoms with Gasteiger partial charge in [0.1, 0.15) is 11.5 Å². The number of nitrogens with one attached hydrogen (secondary N) is 2. The maximum Gasteiger partial charge on any atom is 0.224 e. The molecule has 0 fully saturated rings. The summed E-state index contributed by atoms with van der Waals surface area (Å²) in [5, 5.41) is 5.49. The van der Waals surface area contributed by atoms with E-state index in [1.165, 1.54) is 14.0 Å². The zero-order valence-corrected chi connectivity index (χ0v) is 15.3. The third-order valence-corrected chi connectivity index (χ3v) is 3.60. The third kappa shape index (κ3) is 6.12. The van der Waals surface area contributed by atoms with E-state index < -0.39 is 0 Å².